The van der Waals surface area contributed by atoms with E-state index in [0.29, 0.717) is 17.7 Å². The van der Waals surface area contributed by atoms with Gasteiger partial charge in [0.25, 0.3) is 0 Å². The molecule has 0 saturated heterocycles. The molecule has 0 amide bonds. The lowest BCUT2D eigenvalue weighted by Gasteiger charge is -2.23. The Morgan fingerprint density at radius 1 is 1.24 bits per heavy atom. The van der Waals surface area contributed by atoms with Gasteiger partial charge in [0.1, 0.15) is 5.82 Å². The van der Waals surface area contributed by atoms with E-state index < -0.39 is 0 Å². The molecule has 110 valence electrons. The van der Waals surface area contributed by atoms with Gasteiger partial charge in [-0.05, 0) is 25.1 Å². The van der Waals surface area contributed by atoms with Crippen molar-refractivity contribution in [3.63, 3.8) is 0 Å². The zero-order valence-corrected chi connectivity index (χ0v) is 11.8. The SMILES string of the molecule is CCN(Cc1ccc(/C(N)=N/O)cc1F)c1ccccc1. The predicted molar refractivity (Wildman–Crippen MR) is 82.1 cm³/mol. The second-order valence-corrected chi connectivity index (χ2v) is 4.64. The van der Waals surface area contributed by atoms with Crippen molar-refractivity contribution in [2.45, 2.75) is 13.5 Å². The van der Waals surface area contributed by atoms with Crippen LogP contribution in [0.3, 0.4) is 0 Å². The molecule has 3 N–H and O–H groups in total. The van der Waals surface area contributed by atoms with Gasteiger partial charge in [0.2, 0.25) is 0 Å². The third kappa shape index (κ3) is 3.51. The van der Waals surface area contributed by atoms with Crippen LogP contribution in [0, 0.1) is 5.82 Å². The number of halogens is 1. The van der Waals surface area contributed by atoms with Crippen molar-refractivity contribution in [2.75, 3.05) is 11.4 Å². The third-order valence-corrected chi connectivity index (χ3v) is 3.32. The first-order chi connectivity index (χ1) is 10.2. The molecule has 0 spiro atoms. The van der Waals surface area contributed by atoms with Crippen LogP contribution in [-0.4, -0.2) is 17.6 Å². The number of oxime groups is 1. The Morgan fingerprint density at radius 2 is 1.95 bits per heavy atom. The molecule has 0 aromatic heterocycles. The summed E-state index contributed by atoms with van der Waals surface area (Å²) in [6.45, 7) is 3.25. The fourth-order valence-electron chi connectivity index (χ4n) is 2.12. The van der Waals surface area contributed by atoms with Gasteiger partial charge in [0.05, 0.1) is 0 Å². The van der Waals surface area contributed by atoms with Crippen LogP contribution in [0.25, 0.3) is 0 Å². The molecule has 0 heterocycles. The first-order valence-corrected chi connectivity index (χ1v) is 6.72. The highest BCUT2D eigenvalue weighted by atomic mass is 19.1. The molecule has 2 rings (SSSR count). The Bertz CT molecular complexity index is 629. The fraction of sp³-hybridized carbons (Fsp3) is 0.188. The van der Waals surface area contributed by atoms with E-state index in [2.05, 4.69) is 10.1 Å². The minimum atomic E-state index is -0.367. The van der Waals surface area contributed by atoms with Crippen LogP contribution in [0.5, 0.6) is 0 Å². The molecule has 0 fully saturated rings. The third-order valence-electron chi connectivity index (χ3n) is 3.32. The van der Waals surface area contributed by atoms with Crippen LogP contribution >= 0.6 is 0 Å². The highest BCUT2D eigenvalue weighted by molar-refractivity contribution is 5.97. The molecule has 0 aliphatic carbocycles. The van der Waals surface area contributed by atoms with Gasteiger partial charge >= 0.3 is 0 Å². The molecule has 2 aromatic rings. The molecule has 0 aliphatic heterocycles. The number of para-hydroxylation sites is 1. The van der Waals surface area contributed by atoms with Gasteiger partial charge in [-0.15, -0.1) is 0 Å². The summed E-state index contributed by atoms with van der Waals surface area (Å²) in [5, 5.41) is 11.5. The van der Waals surface area contributed by atoms with Gasteiger partial charge < -0.3 is 15.8 Å². The quantitative estimate of drug-likeness (QED) is 0.385. The molecule has 0 unspecified atom stereocenters. The van der Waals surface area contributed by atoms with Gasteiger partial charge in [0, 0.05) is 29.9 Å². The Hall–Kier alpha value is -2.56. The van der Waals surface area contributed by atoms with Crippen LogP contribution in [0.1, 0.15) is 18.1 Å². The van der Waals surface area contributed by atoms with Crippen molar-refractivity contribution in [3.8, 4) is 0 Å². The number of hydrogen-bond donors (Lipinski definition) is 2. The number of nitrogens with zero attached hydrogens (tertiary/aromatic N) is 2. The van der Waals surface area contributed by atoms with Crippen molar-refractivity contribution in [3.05, 3.63) is 65.5 Å². The summed E-state index contributed by atoms with van der Waals surface area (Å²) in [6, 6.07) is 14.4. The molecule has 4 nitrogen and oxygen atoms in total. The van der Waals surface area contributed by atoms with Crippen molar-refractivity contribution in [1.82, 2.24) is 0 Å². The number of benzene rings is 2. The highest BCUT2D eigenvalue weighted by Gasteiger charge is 2.10. The second-order valence-electron chi connectivity index (χ2n) is 4.64. The van der Waals surface area contributed by atoms with Gasteiger partial charge in [-0.25, -0.2) is 4.39 Å². The van der Waals surface area contributed by atoms with Gasteiger partial charge in [-0.1, -0.05) is 35.5 Å². The summed E-state index contributed by atoms with van der Waals surface area (Å²) in [7, 11) is 0. The highest BCUT2D eigenvalue weighted by Crippen LogP contribution is 2.19. The molecule has 0 saturated carbocycles. The zero-order valence-electron chi connectivity index (χ0n) is 11.8. The van der Waals surface area contributed by atoms with Crippen molar-refractivity contribution < 1.29 is 9.60 Å². The second kappa shape index (κ2) is 6.74. The van der Waals surface area contributed by atoms with E-state index in [1.54, 1.807) is 12.1 Å². The lowest BCUT2D eigenvalue weighted by molar-refractivity contribution is 0.318. The minimum absolute atomic E-state index is 0.101. The minimum Gasteiger partial charge on any atom is -0.409 e. The summed E-state index contributed by atoms with van der Waals surface area (Å²) >= 11 is 0. The predicted octanol–water partition coefficient (Wildman–Crippen LogP) is 2.95. The summed E-state index contributed by atoms with van der Waals surface area (Å²) in [5.41, 5.74) is 7.42. The topological polar surface area (TPSA) is 61.8 Å². The van der Waals surface area contributed by atoms with Crippen LogP contribution in [0.15, 0.2) is 53.7 Å². The van der Waals surface area contributed by atoms with E-state index in [-0.39, 0.29) is 11.7 Å². The molecule has 0 bridgehead atoms. The molecule has 2 aromatic carbocycles. The maximum Gasteiger partial charge on any atom is 0.170 e. The van der Waals surface area contributed by atoms with Gasteiger partial charge in [-0.2, -0.15) is 0 Å². The monoisotopic (exact) mass is 287 g/mol. The number of hydrogen-bond acceptors (Lipinski definition) is 3. The largest absolute Gasteiger partial charge is 0.409 e. The molecular weight excluding hydrogens is 269 g/mol. The summed E-state index contributed by atoms with van der Waals surface area (Å²) in [4.78, 5) is 2.07. The summed E-state index contributed by atoms with van der Waals surface area (Å²) in [5.74, 6) is -0.468. The molecule has 0 radical (unpaired) electrons. The molecule has 5 heteroatoms. The van der Waals surface area contributed by atoms with Crippen molar-refractivity contribution >= 4 is 11.5 Å². The van der Waals surface area contributed by atoms with Crippen LogP contribution < -0.4 is 10.6 Å². The number of rotatable bonds is 5. The maximum atomic E-state index is 14.1. The normalized spacial score (nSPS) is 11.4. The van der Waals surface area contributed by atoms with E-state index in [4.69, 9.17) is 10.9 Å². The summed E-state index contributed by atoms with van der Waals surface area (Å²) in [6.07, 6.45) is 0. The Labute approximate surface area is 123 Å². The smallest absolute Gasteiger partial charge is 0.170 e. The Morgan fingerprint density at radius 3 is 2.52 bits per heavy atom. The van der Waals surface area contributed by atoms with Gasteiger partial charge in [0.15, 0.2) is 5.84 Å². The Kier molecular flexibility index (Phi) is 4.77. The Balaban J connectivity index is 2.23. The fourth-order valence-corrected chi connectivity index (χ4v) is 2.12. The van der Waals surface area contributed by atoms with Gasteiger partial charge in [-0.3, -0.25) is 0 Å². The average molecular weight is 287 g/mol. The number of nitrogens with two attached hydrogens (primary N) is 1. The van der Waals surface area contributed by atoms with Crippen molar-refractivity contribution in [1.29, 1.82) is 0 Å². The summed E-state index contributed by atoms with van der Waals surface area (Å²) < 4.78 is 14.1. The van der Waals surface area contributed by atoms with Crippen LogP contribution in [0.4, 0.5) is 10.1 Å². The first-order valence-electron chi connectivity index (χ1n) is 6.72. The van der Waals surface area contributed by atoms with E-state index in [9.17, 15) is 4.39 Å². The first kappa shape index (κ1) is 14.8. The lowest BCUT2D eigenvalue weighted by atomic mass is 10.1. The van der Waals surface area contributed by atoms with E-state index >= 15 is 0 Å². The van der Waals surface area contributed by atoms with Crippen molar-refractivity contribution in [2.24, 2.45) is 10.9 Å². The molecule has 0 atom stereocenters. The van der Waals surface area contributed by atoms with E-state index in [1.165, 1.54) is 6.07 Å². The van der Waals surface area contributed by atoms with Crippen LogP contribution in [0.2, 0.25) is 0 Å². The zero-order chi connectivity index (χ0) is 15.2. The van der Waals surface area contributed by atoms with E-state index in [1.807, 2.05) is 37.3 Å². The lowest BCUT2D eigenvalue weighted by Crippen LogP contribution is -2.23. The van der Waals surface area contributed by atoms with E-state index in [0.717, 1.165) is 12.2 Å². The number of anilines is 1. The van der Waals surface area contributed by atoms with Crippen LogP contribution in [-0.2, 0) is 6.54 Å². The number of amidine groups is 1. The maximum absolute atomic E-state index is 14.1. The average Bonchev–Trinajstić information content (AvgIpc) is 2.53. The molecule has 21 heavy (non-hydrogen) atoms. The molecule has 0 aliphatic rings. The molecular formula is C16H18FN3O. The standard InChI is InChI=1S/C16H18FN3O/c1-2-20(14-6-4-3-5-7-14)11-13-9-8-12(10-15(13)17)16(18)19-21/h3-10,21H,2,11H2,1H3,(H2,18,19).